The van der Waals surface area contributed by atoms with Gasteiger partial charge in [-0.1, -0.05) is 28.1 Å². The van der Waals surface area contributed by atoms with E-state index in [4.69, 9.17) is 9.15 Å². The van der Waals surface area contributed by atoms with E-state index in [0.717, 1.165) is 26.7 Å². The van der Waals surface area contributed by atoms with E-state index in [1.165, 1.54) is 0 Å². The Kier molecular flexibility index (Phi) is 3.55. The SMILES string of the molecule is COc1ccc2oc(=O)c(-c3ccc(Br)cc3)c(C)c2c1. The van der Waals surface area contributed by atoms with Gasteiger partial charge in [0.2, 0.25) is 0 Å². The minimum absolute atomic E-state index is 0.326. The molecule has 1 aromatic heterocycles. The Morgan fingerprint density at radius 3 is 2.48 bits per heavy atom. The molecule has 0 atom stereocenters. The van der Waals surface area contributed by atoms with E-state index in [9.17, 15) is 4.79 Å². The lowest BCUT2D eigenvalue weighted by molar-refractivity contribution is 0.415. The van der Waals surface area contributed by atoms with Crippen LogP contribution >= 0.6 is 15.9 Å². The van der Waals surface area contributed by atoms with E-state index in [1.807, 2.05) is 37.3 Å². The summed E-state index contributed by atoms with van der Waals surface area (Å²) >= 11 is 3.40. The molecule has 0 unspecified atom stereocenters. The highest BCUT2D eigenvalue weighted by atomic mass is 79.9. The maximum atomic E-state index is 12.3. The molecule has 2 aromatic carbocycles. The van der Waals surface area contributed by atoms with Crippen LogP contribution in [0.25, 0.3) is 22.1 Å². The van der Waals surface area contributed by atoms with Crippen molar-refractivity contribution in [1.82, 2.24) is 0 Å². The maximum Gasteiger partial charge on any atom is 0.344 e. The minimum Gasteiger partial charge on any atom is -0.497 e. The second-order valence-electron chi connectivity index (χ2n) is 4.76. The zero-order valence-electron chi connectivity index (χ0n) is 11.6. The molecule has 0 saturated heterocycles. The molecule has 0 amide bonds. The highest BCUT2D eigenvalue weighted by Crippen LogP contribution is 2.29. The third-order valence-electron chi connectivity index (χ3n) is 3.51. The minimum atomic E-state index is -0.326. The first-order chi connectivity index (χ1) is 10.1. The van der Waals surface area contributed by atoms with Crippen LogP contribution < -0.4 is 10.4 Å². The number of hydrogen-bond donors (Lipinski definition) is 0. The standard InChI is InChI=1S/C17H13BrO3/c1-10-14-9-13(20-2)7-8-15(14)21-17(19)16(10)11-3-5-12(18)6-4-11/h3-9H,1-2H3. The second kappa shape index (κ2) is 5.37. The zero-order chi connectivity index (χ0) is 15.0. The number of halogens is 1. The number of ether oxygens (including phenoxy) is 1. The molecule has 0 spiro atoms. The van der Waals surface area contributed by atoms with Crippen LogP contribution in [-0.2, 0) is 0 Å². The van der Waals surface area contributed by atoms with Gasteiger partial charge >= 0.3 is 5.63 Å². The molecule has 0 bridgehead atoms. The summed E-state index contributed by atoms with van der Waals surface area (Å²) in [5.41, 5.74) is 2.56. The second-order valence-corrected chi connectivity index (χ2v) is 5.67. The van der Waals surface area contributed by atoms with Crippen LogP contribution in [0.15, 0.2) is 56.1 Å². The van der Waals surface area contributed by atoms with Crippen LogP contribution in [-0.4, -0.2) is 7.11 Å². The smallest absolute Gasteiger partial charge is 0.344 e. The van der Waals surface area contributed by atoms with E-state index >= 15 is 0 Å². The molecule has 21 heavy (non-hydrogen) atoms. The normalized spacial score (nSPS) is 10.8. The summed E-state index contributed by atoms with van der Waals surface area (Å²) in [5.74, 6) is 0.737. The van der Waals surface area contributed by atoms with Crippen LogP contribution in [0.2, 0.25) is 0 Å². The van der Waals surface area contributed by atoms with Gasteiger partial charge in [0, 0.05) is 9.86 Å². The van der Waals surface area contributed by atoms with Crippen LogP contribution in [0.4, 0.5) is 0 Å². The highest BCUT2D eigenvalue weighted by Gasteiger charge is 2.13. The maximum absolute atomic E-state index is 12.3. The van der Waals surface area contributed by atoms with Crippen LogP contribution in [0, 0.1) is 6.92 Å². The molecule has 0 radical (unpaired) electrons. The Balaban J connectivity index is 2.32. The Bertz CT molecular complexity index is 864. The lowest BCUT2D eigenvalue weighted by atomic mass is 9.99. The molecular weight excluding hydrogens is 332 g/mol. The van der Waals surface area contributed by atoms with Gasteiger partial charge in [-0.2, -0.15) is 0 Å². The van der Waals surface area contributed by atoms with Crippen molar-refractivity contribution in [2.45, 2.75) is 6.92 Å². The van der Waals surface area contributed by atoms with Gasteiger partial charge in [0.25, 0.3) is 0 Å². The van der Waals surface area contributed by atoms with Gasteiger partial charge in [-0.3, -0.25) is 0 Å². The highest BCUT2D eigenvalue weighted by molar-refractivity contribution is 9.10. The molecule has 0 N–H and O–H groups in total. The molecule has 3 aromatic rings. The Labute approximate surface area is 130 Å². The summed E-state index contributed by atoms with van der Waals surface area (Å²) in [5, 5.41) is 0.881. The van der Waals surface area contributed by atoms with Gasteiger partial charge in [-0.05, 0) is 48.4 Å². The van der Waals surface area contributed by atoms with E-state index in [2.05, 4.69) is 15.9 Å². The van der Waals surface area contributed by atoms with Crippen LogP contribution in [0.5, 0.6) is 5.75 Å². The quantitative estimate of drug-likeness (QED) is 0.640. The number of rotatable bonds is 2. The molecule has 0 aliphatic carbocycles. The topological polar surface area (TPSA) is 39.4 Å². The van der Waals surface area contributed by atoms with Crippen molar-refractivity contribution in [1.29, 1.82) is 0 Å². The van der Waals surface area contributed by atoms with Crippen molar-refractivity contribution in [2.75, 3.05) is 7.11 Å². The van der Waals surface area contributed by atoms with E-state index < -0.39 is 0 Å². The van der Waals surface area contributed by atoms with Crippen molar-refractivity contribution >= 4 is 26.9 Å². The fourth-order valence-corrected chi connectivity index (χ4v) is 2.67. The summed E-state index contributed by atoms with van der Waals surface area (Å²) in [6, 6.07) is 13.0. The van der Waals surface area contributed by atoms with Gasteiger partial charge in [0.1, 0.15) is 11.3 Å². The third-order valence-corrected chi connectivity index (χ3v) is 4.03. The first-order valence-corrected chi connectivity index (χ1v) is 7.27. The van der Waals surface area contributed by atoms with Gasteiger partial charge in [-0.15, -0.1) is 0 Å². The molecule has 0 saturated carbocycles. The molecule has 106 valence electrons. The van der Waals surface area contributed by atoms with Crippen molar-refractivity contribution in [3.8, 4) is 16.9 Å². The Morgan fingerprint density at radius 1 is 1.10 bits per heavy atom. The van der Waals surface area contributed by atoms with Gasteiger partial charge in [0.15, 0.2) is 0 Å². The lowest BCUT2D eigenvalue weighted by Crippen LogP contribution is -2.06. The summed E-state index contributed by atoms with van der Waals surface area (Å²) in [6.07, 6.45) is 0. The van der Waals surface area contributed by atoms with Crippen molar-refractivity contribution in [3.05, 3.63) is 62.9 Å². The molecule has 0 aliphatic heterocycles. The predicted octanol–water partition coefficient (Wildman–Crippen LogP) is 4.54. The van der Waals surface area contributed by atoms with Gasteiger partial charge in [-0.25, -0.2) is 4.79 Å². The molecule has 3 rings (SSSR count). The average molecular weight is 345 g/mol. The summed E-state index contributed by atoms with van der Waals surface area (Å²) in [7, 11) is 1.62. The Hall–Kier alpha value is -2.07. The van der Waals surface area contributed by atoms with E-state index in [-0.39, 0.29) is 5.63 Å². The number of aryl methyl sites for hydroxylation is 1. The summed E-state index contributed by atoms with van der Waals surface area (Å²) < 4.78 is 11.6. The predicted molar refractivity (Wildman–Crippen MR) is 86.9 cm³/mol. The van der Waals surface area contributed by atoms with Crippen molar-refractivity contribution in [2.24, 2.45) is 0 Å². The van der Waals surface area contributed by atoms with Crippen LogP contribution in [0.3, 0.4) is 0 Å². The van der Waals surface area contributed by atoms with Gasteiger partial charge < -0.3 is 9.15 Å². The number of benzene rings is 2. The number of fused-ring (bicyclic) bond motifs is 1. The fourth-order valence-electron chi connectivity index (χ4n) is 2.41. The lowest BCUT2D eigenvalue weighted by Gasteiger charge is -2.09. The summed E-state index contributed by atoms with van der Waals surface area (Å²) in [6.45, 7) is 1.93. The number of methoxy groups -OCH3 is 1. The first kappa shape index (κ1) is 13.9. The summed E-state index contributed by atoms with van der Waals surface area (Å²) in [4.78, 5) is 12.3. The van der Waals surface area contributed by atoms with Gasteiger partial charge in [0.05, 0.1) is 12.7 Å². The molecule has 0 fully saturated rings. The fraction of sp³-hybridized carbons (Fsp3) is 0.118. The Morgan fingerprint density at radius 2 is 1.81 bits per heavy atom. The third kappa shape index (κ3) is 2.47. The zero-order valence-corrected chi connectivity index (χ0v) is 13.2. The largest absolute Gasteiger partial charge is 0.497 e. The molecule has 1 heterocycles. The molecule has 0 aliphatic rings. The average Bonchev–Trinajstić information content (AvgIpc) is 2.49. The van der Waals surface area contributed by atoms with E-state index in [1.54, 1.807) is 19.2 Å². The molecule has 3 nitrogen and oxygen atoms in total. The first-order valence-electron chi connectivity index (χ1n) is 6.47. The van der Waals surface area contributed by atoms with Crippen LogP contribution in [0.1, 0.15) is 5.56 Å². The number of hydrogen-bond acceptors (Lipinski definition) is 3. The molecular formula is C17H13BrO3. The molecule has 4 heteroatoms. The monoisotopic (exact) mass is 344 g/mol. The van der Waals surface area contributed by atoms with Crippen molar-refractivity contribution < 1.29 is 9.15 Å². The van der Waals surface area contributed by atoms with E-state index in [0.29, 0.717) is 11.1 Å². The van der Waals surface area contributed by atoms with Crippen molar-refractivity contribution in [3.63, 3.8) is 0 Å².